The molecule has 0 aliphatic rings. The molecular weight excluding hydrogens is 288 g/mol. The molecule has 0 spiro atoms. The van der Waals surface area contributed by atoms with Crippen molar-refractivity contribution in [3.05, 3.63) is 51.5 Å². The molecule has 6 nitrogen and oxygen atoms in total. The normalized spacial score (nSPS) is 10.1. The summed E-state index contributed by atoms with van der Waals surface area (Å²) < 4.78 is 0. The summed E-state index contributed by atoms with van der Waals surface area (Å²) in [5.74, 6) is -0.467. The highest BCUT2D eigenvalue weighted by molar-refractivity contribution is 7.09. The average Bonchev–Trinajstić information content (AvgIpc) is 2.89. The molecule has 1 heterocycles. The number of aryl methyl sites for hydroxylation is 1. The van der Waals surface area contributed by atoms with E-state index < -0.39 is 5.91 Å². The van der Waals surface area contributed by atoms with Crippen LogP contribution in [0.4, 0.5) is 4.79 Å². The number of nitrogens with two attached hydrogens (primary N) is 1. The van der Waals surface area contributed by atoms with Crippen LogP contribution in [0.1, 0.15) is 26.6 Å². The van der Waals surface area contributed by atoms with Gasteiger partial charge in [0.1, 0.15) is 5.01 Å². The molecule has 0 saturated heterocycles. The van der Waals surface area contributed by atoms with Gasteiger partial charge in [0.05, 0.1) is 6.54 Å². The second-order valence-corrected chi connectivity index (χ2v) is 5.42. The number of hydrogen-bond acceptors (Lipinski definition) is 4. The Balaban J connectivity index is 1.77. The summed E-state index contributed by atoms with van der Waals surface area (Å²) in [6, 6.07) is 6.52. The third-order valence-electron chi connectivity index (χ3n) is 2.76. The lowest BCUT2D eigenvalue weighted by molar-refractivity contribution is 0.1000. The maximum absolute atomic E-state index is 11.7. The van der Waals surface area contributed by atoms with E-state index in [-0.39, 0.29) is 6.03 Å². The summed E-state index contributed by atoms with van der Waals surface area (Å²) in [7, 11) is 0. The van der Waals surface area contributed by atoms with Gasteiger partial charge in [-0.05, 0) is 24.6 Å². The minimum Gasteiger partial charge on any atom is -0.366 e. The molecule has 7 heteroatoms. The quantitative estimate of drug-likeness (QED) is 0.781. The molecule has 0 saturated carbocycles. The Hall–Kier alpha value is -2.41. The molecule has 0 unspecified atom stereocenters. The molecular formula is C14H16N4O2S. The summed E-state index contributed by atoms with van der Waals surface area (Å²) in [6.45, 7) is 2.70. The molecule has 1 aromatic heterocycles. The number of benzene rings is 1. The molecule has 0 fully saturated rings. The number of thiazole rings is 1. The molecule has 0 atom stereocenters. The highest BCUT2D eigenvalue weighted by Crippen LogP contribution is 2.07. The molecule has 0 bridgehead atoms. The van der Waals surface area contributed by atoms with Crippen LogP contribution in [-0.2, 0) is 13.1 Å². The maximum atomic E-state index is 11.7. The van der Waals surface area contributed by atoms with E-state index in [0.717, 1.165) is 16.3 Å². The lowest BCUT2D eigenvalue weighted by Crippen LogP contribution is -2.34. The monoisotopic (exact) mass is 304 g/mol. The summed E-state index contributed by atoms with van der Waals surface area (Å²) in [5, 5.41) is 8.28. The highest BCUT2D eigenvalue weighted by atomic mass is 32.1. The van der Waals surface area contributed by atoms with Gasteiger partial charge in [-0.2, -0.15) is 0 Å². The molecule has 0 radical (unpaired) electrons. The number of carbonyl (C=O) groups excluding carboxylic acids is 2. The lowest BCUT2D eigenvalue weighted by Gasteiger charge is -2.07. The Morgan fingerprint density at radius 2 is 1.86 bits per heavy atom. The van der Waals surface area contributed by atoms with Crippen LogP contribution in [0.15, 0.2) is 29.6 Å². The van der Waals surface area contributed by atoms with E-state index in [1.165, 1.54) is 11.3 Å². The van der Waals surface area contributed by atoms with Crippen molar-refractivity contribution in [3.63, 3.8) is 0 Å². The number of aromatic nitrogens is 1. The zero-order valence-electron chi connectivity index (χ0n) is 11.6. The fourth-order valence-corrected chi connectivity index (χ4v) is 2.38. The number of primary amides is 1. The molecule has 4 N–H and O–H groups in total. The summed E-state index contributed by atoms with van der Waals surface area (Å²) in [6.07, 6.45) is 0. The van der Waals surface area contributed by atoms with Crippen LogP contribution in [-0.4, -0.2) is 16.9 Å². The van der Waals surface area contributed by atoms with Crippen LogP contribution < -0.4 is 16.4 Å². The van der Waals surface area contributed by atoms with E-state index in [4.69, 9.17) is 5.73 Å². The van der Waals surface area contributed by atoms with Crippen molar-refractivity contribution in [1.82, 2.24) is 15.6 Å². The molecule has 2 rings (SSSR count). The lowest BCUT2D eigenvalue weighted by atomic mass is 10.1. The Morgan fingerprint density at radius 1 is 1.19 bits per heavy atom. The Bertz CT molecular complexity index is 637. The van der Waals surface area contributed by atoms with Gasteiger partial charge >= 0.3 is 6.03 Å². The number of hydrogen-bond donors (Lipinski definition) is 3. The zero-order valence-corrected chi connectivity index (χ0v) is 12.4. The minimum absolute atomic E-state index is 0.262. The zero-order chi connectivity index (χ0) is 15.2. The predicted octanol–water partition coefficient (Wildman–Crippen LogP) is 1.55. The predicted molar refractivity (Wildman–Crippen MR) is 80.9 cm³/mol. The van der Waals surface area contributed by atoms with Crippen LogP contribution in [0.3, 0.4) is 0 Å². The van der Waals surface area contributed by atoms with Crippen molar-refractivity contribution < 1.29 is 9.59 Å². The Labute approximate surface area is 126 Å². The van der Waals surface area contributed by atoms with Crippen molar-refractivity contribution in [2.45, 2.75) is 20.0 Å². The number of nitrogens with zero attached hydrogens (tertiary/aromatic N) is 1. The molecule has 2 aromatic rings. The molecule has 110 valence electrons. The van der Waals surface area contributed by atoms with E-state index in [2.05, 4.69) is 15.6 Å². The van der Waals surface area contributed by atoms with Crippen molar-refractivity contribution in [1.29, 1.82) is 0 Å². The van der Waals surface area contributed by atoms with Gasteiger partial charge in [-0.25, -0.2) is 9.78 Å². The Kier molecular flexibility index (Phi) is 4.89. The largest absolute Gasteiger partial charge is 0.366 e. The van der Waals surface area contributed by atoms with Gasteiger partial charge in [0.25, 0.3) is 0 Å². The number of rotatable bonds is 5. The molecule has 3 amide bonds. The van der Waals surface area contributed by atoms with E-state index >= 15 is 0 Å². The third kappa shape index (κ3) is 4.57. The first-order valence-electron chi connectivity index (χ1n) is 6.36. The number of urea groups is 1. The van der Waals surface area contributed by atoms with Gasteiger partial charge in [-0.1, -0.05) is 12.1 Å². The number of carbonyl (C=O) groups is 2. The maximum Gasteiger partial charge on any atom is 0.315 e. The Morgan fingerprint density at radius 3 is 2.43 bits per heavy atom. The highest BCUT2D eigenvalue weighted by Gasteiger charge is 2.04. The first-order valence-corrected chi connectivity index (χ1v) is 7.24. The van der Waals surface area contributed by atoms with Crippen molar-refractivity contribution >= 4 is 23.3 Å². The summed E-state index contributed by atoms with van der Waals surface area (Å²) in [4.78, 5) is 26.8. The fraction of sp³-hybridized carbons (Fsp3) is 0.214. The van der Waals surface area contributed by atoms with Gasteiger partial charge in [0.2, 0.25) is 5.91 Å². The van der Waals surface area contributed by atoms with Crippen molar-refractivity contribution in [3.8, 4) is 0 Å². The SMILES string of the molecule is Cc1csc(CNC(=O)NCc2ccc(C(N)=O)cc2)n1. The molecule has 21 heavy (non-hydrogen) atoms. The number of nitrogens with one attached hydrogen (secondary N) is 2. The first kappa shape index (κ1) is 15.0. The first-order chi connectivity index (χ1) is 10.0. The standard InChI is InChI=1S/C14H16N4O2S/c1-9-8-21-12(18-9)7-17-14(20)16-6-10-2-4-11(5-3-10)13(15)19/h2-5,8H,6-7H2,1H3,(H2,15,19)(H2,16,17,20). The van der Waals surface area contributed by atoms with Gasteiger partial charge in [-0.3, -0.25) is 4.79 Å². The van der Waals surface area contributed by atoms with Gasteiger partial charge < -0.3 is 16.4 Å². The van der Waals surface area contributed by atoms with Crippen molar-refractivity contribution in [2.24, 2.45) is 5.73 Å². The van der Waals surface area contributed by atoms with Crippen molar-refractivity contribution in [2.75, 3.05) is 0 Å². The molecule has 0 aliphatic heterocycles. The molecule has 0 aliphatic carbocycles. The minimum atomic E-state index is -0.467. The number of amides is 3. The topological polar surface area (TPSA) is 97.1 Å². The van der Waals surface area contributed by atoms with Crippen LogP contribution in [0, 0.1) is 6.92 Å². The summed E-state index contributed by atoms with van der Waals surface area (Å²) >= 11 is 1.51. The van der Waals surface area contributed by atoms with E-state index in [1.54, 1.807) is 24.3 Å². The fourth-order valence-electron chi connectivity index (χ4n) is 1.67. The van der Waals surface area contributed by atoms with Gasteiger partial charge in [0, 0.05) is 23.2 Å². The summed E-state index contributed by atoms with van der Waals surface area (Å²) in [5.41, 5.74) is 7.45. The van der Waals surface area contributed by atoms with E-state index in [1.807, 2.05) is 12.3 Å². The average molecular weight is 304 g/mol. The second kappa shape index (κ2) is 6.85. The van der Waals surface area contributed by atoms with Crippen LogP contribution in [0.5, 0.6) is 0 Å². The van der Waals surface area contributed by atoms with Gasteiger partial charge in [-0.15, -0.1) is 11.3 Å². The van der Waals surface area contributed by atoms with Gasteiger partial charge in [0.15, 0.2) is 0 Å². The van der Waals surface area contributed by atoms with Crippen LogP contribution in [0.25, 0.3) is 0 Å². The smallest absolute Gasteiger partial charge is 0.315 e. The van der Waals surface area contributed by atoms with Crippen LogP contribution >= 0.6 is 11.3 Å². The van der Waals surface area contributed by atoms with E-state index in [9.17, 15) is 9.59 Å². The van der Waals surface area contributed by atoms with E-state index in [0.29, 0.717) is 18.7 Å². The molecule has 1 aromatic carbocycles. The van der Waals surface area contributed by atoms with Crippen LogP contribution in [0.2, 0.25) is 0 Å². The second-order valence-electron chi connectivity index (χ2n) is 4.48. The third-order valence-corrected chi connectivity index (χ3v) is 3.72.